The predicted octanol–water partition coefficient (Wildman–Crippen LogP) is 6.44. The van der Waals surface area contributed by atoms with Crippen LogP contribution in [0.25, 0.3) is 22.1 Å². The average molecular weight is 412 g/mol. The Bertz CT molecular complexity index is 1010. The number of fused-ring (bicyclic) bond motifs is 1. The molecule has 0 aliphatic rings. The lowest BCUT2D eigenvalue weighted by atomic mass is 9.97. The number of hydrogen-bond acceptors (Lipinski definition) is 4. The maximum Gasteiger partial charge on any atom is 0.142 e. The summed E-state index contributed by atoms with van der Waals surface area (Å²) in [5.41, 5.74) is 11.5. The van der Waals surface area contributed by atoms with Gasteiger partial charge in [0.05, 0.1) is 12.3 Å². The second kappa shape index (κ2) is 10.4. The molecule has 0 saturated carbocycles. The zero-order valence-corrected chi connectivity index (χ0v) is 17.9. The highest BCUT2D eigenvalue weighted by molar-refractivity contribution is 5.93. The molecule has 3 rings (SSSR count). The van der Waals surface area contributed by atoms with Gasteiger partial charge >= 0.3 is 0 Å². The summed E-state index contributed by atoms with van der Waals surface area (Å²) in [7, 11) is 1.64. The lowest BCUT2D eigenvalue weighted by Gasteiger charge is -2.12. The van der Waals surface area contributed by atoms with E-state index in [4.69, 9.17) is 19.6 Å². The zero-order valence-electron chi connectivity index (χ0n) is 17.9. The molecule has 2 aromatic carbocycles. The van der Waals surface area contributed by atoms with Crippen molar-refractivity contribution in [2.24, 2.45) is 5.73 Å². The number of ether oxygens (including phenoxy) is 2. The van der Waals surface area contributed by atoms with E-state index in [1.54, 1.807) is 7.11 Å². The van der Waals surface area contributed by atoms with Crippen molar-refractivity contribution in [2.45, 2.75) is 45.9 Å². The SMILES string of the molecule is CCC/C(C)=C\OCc1cc(-c2cccc(C(N)CF)c2)c2oc(COC)cc2c1. The van der Waals surface area contributed by atoms with Crippen LogP contribution in [0.2, 0.25) is 0 Å². The molecular weight excluding hydrogens is 381 g/mol. The minimum atomic E-state index is -0.640. The van der Waals surface area contributed by atoms with Gasteiger partial charge < -0.3 is 19.6 Å². The van der Waals surface area contributed by atoms with Gasteiger partial charge in [-0.1, -0.05) is 31.5 Å². The van der Waals surface area contributed by atoms with Crippen LogP contribution in [0.3, 0.4) is 0 Å². The molecule has 0 amide bonds. The van der Waals surface area contributed by atoms with E-state index in [0.717, 1.165) is 51.8 Å². The maximum atomic E-state index is 13.1. The normalized spacial score (nSPS) is 13.0. The molecule has 1 atom stereocenters. The Hall–Kier alpha value is -2.63. The molecule has 0 saturated heterocycles. The van der Waals surface area contributed by atoms with E-state index in [9.17, 15) is 4.39 Å². The summed E-state index contributed by atoms with van der Waals surface area (Å²) in [6, 6.07) is 13.1. The maximum absolute atomic E-state index is 13.1. The Labute approximate surface area is 177 Å². The number of alkyl halides is 1. The van der Waals surface area contributed by atoms with E-state index in [0.29, 0.717) is 13.2 Å². The van der Waals surface area contributed by atoms with E-state index in [1.807, 2.05) is 36.6 Å². The topological polar surface area (TPSA) is 57.6 Å². The van der Waals surface area contributed by atoms with Crippen LogP contribution < -0.4 is 5.73 Å². The van der Waals surface area contributed by atoms with Gasteiger partial charge in [0, 0.05) is 18.1 Å². The highest BCUT2D eigenvalue weighted by Crippen LogP contribution is 2.34. The summed E-state index contributed by atoms with van der Waals surface area (Å²) in [5, 5.41) is 0.979. The van der Waals surface area contributed by atoms with Gasteiger partial charge in [-0.3, -0.25) is 0 Å². The first-order chi connectivity index (χ1) is 14.5. The van der Waals surface area contributed by atoms with Crippen molar-refractivity contribution in [3.05, 3.63) is 71.2 Å². The first kappa shape index (κ1) is 22.1. The van der Waals surface area contributed by atoms with Crippen LogP contribution in [0.1, 0.15) is 49.6 Å². The van der Waals surface area contributed by atoms with Crippen LogP contribution in [0.15, 0.2) is 58.7 Å². The van der Waals surface area contributed by atoms with Crippen molar-refractivity contribution >= 4 is 11.0 Å². The fraction of sp³-hybridized carbons (Fsp3) is 0.360. The van der Waals surface area contributed by atoms with Crippen LogP contribution >= 0.6 is 0 Å². The van der Waals surface area contributed by atoms with Gasteiger partial charge in [0.25, 0.3) is 0 Å². The molecule has 30 heavy (non-hydrogen) atoms. The number of allylic oxidation sites excluding steroid dienone is 1. The lowest BCUT2D eigenvalue weighted by Crippen LogP contribution is -2.11. The van der Waals surface area contributed by atoms with E-state index in [2.05, 4.69) is 26.0 Å². The molecule has 0 radical (unpaired) electrons. The molecule has 1 heterocycles. The first-order valence-corrected chi connectivity index (χ1v) is 10.3. The quantitative estimate of drug-likeness (QED) is 0.390. The molecular formula is C25H30FNO3. The minimum absolute atomic E-state index is 0.395. The smallest absolute Gasteiger partial charge is 0.142 e. The van der Waals surface area contributed by atoms with Crippen molar-refractivity contribution in [3.63, 3.8) is 0 Å². The number of hydrogen-bond donors (Lipinski definition) is 1. The van der Waals surface area contributed by atoms with Crippen LogP contribution in [-0.2, 0) is 22.7 Å². The molecule has 0 aliphatic carbocycles. The Morgan fingerprint density at radius 2 is 2.03 bits per heavy atom. The summed E-state index contributed by atoms with van der Waals surface area (Å²) in [4.78, 5) is 0. The first-order valence-electron chi connectivity index (χ1n) is 10.3. The summed E-state index contributed by atoms with van der Waals surface area (Å²) < 4.78 is 30.2. The standard InChI is InChI=1S/C25H30FNO3/c1-4-6-17(2)14-29-15-18-9-21-12-22(16-28-3)30-25(21)23(10-18)19-7-5-8-20(11-19)24(27)13-26/h5,7-12,14,24H,4,6,13,15-16,27H2,1-3H3/b17-14-. The van der Waals surface area contributed by atoms with E-state index >= 15 is 0 Å². The number of nitrogens with two attached hydrogens (primary N) is 1. The Morgan fingerprint density at radius 3 is 2.77 bits per heavy atom. The molecule has 0 bridgehead atoms. The van der Waals surface area contributed by atoms with Crippen molar-refractivity contribution in [1.82, 2.24) is 0 Å². The third kappa shape index (κ3) is 5.29. The van der Waals surface area contributed by atoms with Crippen LogP contribution in [-0.4, -0.2) is 13.8 Å². The van der Waals surface area contributed by atoms with Gasteiger partial charge in [-0.2, -0.15) is 0 Å². The average Bonchev–Trinajstić information content (AvgIpc) is 3.15. The van der Waals surface area contributed by atoms with Gasteiger partial charge in [-0.25, -0.2) is 4.39 Å². The summed E-state index contributed by atoms with van der Waals surface area (Å²) >= 11 is 0. The predicted molar refractivity (Wildman–Crippen MR) is 119 cm³/mol. The Balaban J connectivity index is 2.01. The summed E-state index contributed by atoms with van der Waals surface area (Å²) in [5.74, 6) is 0.752. The third-order valence-corrected chi connectivity index (χ3v) is 4.98. The molecule has 0 spiro atoms. The van der Waals surface area contributed by atoms with Gasteiger partial charge in [-0.05, 0) is 59.9 Å². The highest BCUT2D eigenvalue weighted by Gasteiger charge is 2.14. The zero-order chi connectivity index (χ0) is 21.5. The molecule has 0 fully saturated rings. The summed E-state index contributed by atoms with van der Waals surface area (Å²) in [6.07, 6.45) is 3.95. The van der Waals surface area contributed by atoms with Gasteiger partial charge in [0.15, 0.2) is 0 Å². The molecule has 4 nitrogen and oxygen atoms in total. The van der Waals surface area contributed by atoms with E-state index in [-0.39, 0.29) is 0 Å². The molecule has 3 aromatic rings. The van der Waals surface area contributed by atoms with Crippen LogP contribution in [0.5, 0.6) is 0 Å². The van der Waals surface area contributed by atoms with Crippen molar-refractivity contribution in [3.8, 4) is 11.1 Å². The number of rotatable bonds is 10. The van der Waals surface area contributed by atoms with Gasteiger partial charge in [0.2, 0.25) is 0 Å². The lowest BCUT2D eigenvalue weighted by molar-refractivity contribution is 0.166. The second-order valence-corrected chi connectivity index (χ2v) is 7.62. The van der Waals surface area contributed by atoms with Crippen molar-refractivity contribution in [2.75, 3.05) is 13.8 Å². The fourth-order valence-corrected chi connectivity index (χ4v) is 3.54. The molecule has 1 unspecified atom stereocenters. The Morgan fingerprint density at radius 1 is 1.20 bits per heavy atom. The molecule has 2 N–H and O–H groups in total. The number of furan rings is 1. The van der Waals surface area contributed by atoms with E-state index < -0.39 is 12.7 Å². The van der Waals surface area contributed by atoms with Gasteiger partial charge in [0.1, 0.15) is 31.2 Å². The number of benzene rings is 2. The minimum Gasteiger partial charge on any atom is -0.497 e. The van der Waals surface area contributed by atoms with Crippen LogP contribution in [0, 0.1) is 0 Å². The fourth-order valence-electron chi connectivity index (χ4n) is 3.54. The third-order valence-electron chi connectivity index (χ3n) is 4.98. The van der Waals surface area contributed by atoms with Crippen molar-refractivity contribution < 1.29 is 18.3 Å². The monoisotopic (exact) mass is 411 g/mol. The number of halogens is 1. The molecule has 1 aromatic heterocycles. The van der Waals surface area contributed by atoms with Crippen LogP contribution in [0.4, 0.5) is 4.39 Å². The largest absolute Gasteiger partial charge is 0.497 e. The molecule has 0 aliphatic heterocycles. The second-order valence-electron chi connectivity index (χ2n) is 7.62. The molecule has 5 heteroatoms. The number of methoxy groups -OCH3 is 1. The summed E-state index contributed by atoms with van der Waals surface area (Å²) in [6.45, 7) is 4.47. The van der Waals surface area contributed by atoms with Crippen molar-refractivity contribution in [1.29, 1.82) is 0 Å². The van der Waals surface area contributed by atoms with Gasteiger partial charge in [-0.15, -0.1) is 0 Å². The Kier molecular flexibility index (Phi) is 7.66. The van der Waals surface area contributed by atoms with E-state index in [1.165, 1.54) is 5.57 Å². The molecule has 160 valence electrons. The highest BCUT2D eigenvalue weighted by atomic mass is 19.1.